The summed E-state index contributed by atoms with van der Waals surface area (Å²) in [6.45, 7) is 0.207. The van der Waals surface area contributed by atoms with Crippen LogP contribution in [0.1, 0.15) is 11.1 Å². The molecule has 5 heteroatoms. The second kappa shape index (κ2) is 7.38. The van der Waals surface area contributed by atoms with E-state index in [9.17, 15) is 17.6 Å². The number of anilines is 1. The molecule has 3 aromatic rings. The van der Waals surface area contributed by atoms with E-state index in [0.717, 1.165) is 11.1 Å². The highest BCUT2D eigenvalue weighted by atomic mass is 19.2. The molecule has 0 aliphatic rings. The van der Waals surface area contributed by atoms with Crippen molar-refractivity contribution in [1.82, 2.24) is 0 Å². The van der Waals surface area contributed by atoms with Crippen LogP contribution in [0, 0.1) is 23.3 Å². The van der Waals surface area contributed by atoms with Crippen LogP contribution in [0.15, 0.2) is 66.7 Å². The maximum absolute atomic E-state index is 14.3. The predicted octanol–water partition coefficient (Wildman–Crippen LogP) is 5.45. The van der Waals surface area contributed by atoms with E-state index in [2.05, 4.69) is 0 Å². The molecular formula is C20H15F4N. The lowest BCUT2D eigenvalue weighted by molar-refractivity contribution is 0.450. The van der Waals surface area contributed by atoms with Gasteiger partial charge in [-0.1, -0.05) is 60.7 Å². The summed E-state index contributed by atoms with van der Waals surface area (Å²) in [4.78, 5) is 1.29. The summed E-state index contributed by atoms with van der Waals surface area (Å²) in [7, 11) is 0. The van der Waals surface area contributed by atoms with Crippen molar-refractivity contribution in [3.8, 4) is 0 Å². The van der Waals surface area contributed by atoms with E-state index >= 15 is 0 Å². The maximum atomic E-state index is 14.3. The third-order valence-corrected chi connectivity index (χ3v) is 3.84. The van der Waals surface area contributed by atoms with Crippen LogP contribution in [-0.4, -0.2) is 0 Å². The van der Waals surface area contributed by atoms with Gasteiger partial charge in [0, 0.05) is 19.2 Å². The van der Waals surface area contributed by atoms with Gasteiger partial charge in [-0.15, -0.1) is 0 Å². The molecule has 0 radical (unpaired) electrons. The SMILES string of the molecule is Fc1cc(F)c(F)c(N(Cc2ccccc2)Cc2ccccc2)c1F. The van der Waals surface area contributed by atoms with Crippen LogP contribution in [0.25, 0.3) is 0 Å². The average molecular weight is 345 g/mol. The first-order valence-corrected chi connectivity index (χ1v) is 7.72. The maximum Gasteiger partial charge on any atom is 0.185 e. The quantitative estimate of drug-likeness (QED) is 0.439. The average Bonchev–Trinajstić information content (AvgIpc) is 2.62. The summed E-state index contributed by atoms with van der Waals surface area (Å²) < 4.78 is 55.8. The van der Waals surface area contributed by atoms with E-state index in [1.165, 1.54) is 4.90 Å². The Bertz CT molecular complexity index is 783. The fourth-order valence-corrected chi connectivity index (χ4v) is 2.66. The van der Waals surface area contributed by atoms with Gasteiger partial charge in [-0.2, -0.15) is 0 Å². The Morgan fingerprint density at radius 3 is 1.40 bits per heavy atom. The first-order chi connectivity index (χ1) is 12.1. The lowest BCUT2D eigenvalue weighted by Gasteiger charge is -2.26. The fraction of sp³-hybridized carbons (Fsp3) is 0.100. The van der Waals surface area contributed by atoms with Gasteiger partial charge in [0.05, 0.1) is 0 Å². The highest BCUT2D eigenvalue weighted by Crippen LogP contribution is 2.30. The summed E-state index contributed by atoms with van der Waals surface area (Å²) >= 11 is 0. The molecule has 0 unspecified atom stereocenters. The topological polar surface area (TPSA) is 3.24 Å². The third-order valence-electron chi connectivity index (χ3n) is 3.84. The summed E-state index contributed by atoms with van der Waals surface area (Å²) in [5, 5.41) is 0. The number of hydrogen-bond donors (Lipinski definition) is 0. The van der Waals surface area contributed by atoms with E-state index in [4.69, 9.17) is 0 Å². The van der Waals surface area contributed by atoms with Crippen LogP contribution in [0.3, 0.4) is 0 Å². The molecule has 0 N–H and O–H groups in total. The van der Waals surface area contributed by atoms with Crippen molar-refractivity contribution in [3.05, 3.63) is 101 Å². The predicted molar refractivity (Wildman–Crippen MR) is 89.0 cm³/mol. The minimum atomic E-state index is -1.42. The van der Waals surface area contributed by atoms with Gasteiger partial charge in [-0.25, -0.2) is 17.6 Å². The molecule has 1 nitrogen and oxygen atoms in total. The smallest absolute Gasteiger partial charge is 0.185 e. The Kier molecular flexibility index (Phi) is 5.03. The summed E-state index contributed by atoms with van der Waals surface area (Å²) in [6.07, 6.45) is 0. The van der Waals surface area contributed by atoms with Crippen LogP contribution >= 0.6 is 0 Å². The van der Waals surface area contributed by atoms with Gasteiger partial charge in [0.15, 0.2) is 23.3 Å². The van der Waals surface area contributed by atoms with Gasteiger partial charge in [0.1, 0.15) is 5.69 Å². The van der Waals surface area contributed by atoms with E-state index in [0.29, 0.717) is 0 Å². The van der Waals surface area contributed by atoms with Gasteiger partial charge >= 0.3 is 0 Å². The highest BCUT2D eigenvalue weighted by molar-refractivity contribution is 5.51. The Hall–Kier alpha value is -2.82. The van der Waals surface area contributed by atoms with E-state index in [1.54, 1.807) is 48.5 Å². The van der Waals surface area contributed by atoms with Crippen molar-refractivity contribution in [2.24, 2.45) is 0 Å². The molecule has 0 atom stereocenters. The number of halogens is 4. The number of nitrogens with zero attached hydrogens (tertiary/aromatic N) is 1. The minimum absolute atomic E-state index is 0.104. The fourth-order valence-electron chi connectivity index (χ4n) is 2.66. The molecule has 0 saturated carbocycles. The number of hydrogen-bond acceptors (Lipinski definition) is 1. The van der Waals surface area contributed by atoms with Crippen LogP contribution in [0.2, 0.25) is 0 Å². The molecule has 0 fully saturated rings. The zero-order chi connectivity index (χ0) is 17.8. The molecule has 0 aliphatic carbocycles. The monoisotopic (exact) mass is 345 g/mol. The molecule has 0 aliphatic heterocycles. The Balaban J connectivity index is 2.05. The van der Waals surface area contributed by atoms with Gasteiger partial charge in [-0.05, 0) is 11.1 Å². The first kappa shape index (κ1) is 17.0. The molecule has 0 aromatic heterocycles. The highest BCUT2D eigenvalue weighted by Gasteiger charge is 2.24. The first-order valence-electron chi connectivity index (χ1n) is 7.72. The van der Waals surface area contributed by atoms with Gasteiger partial charge in [-0.3, -0.25) is 0 Å². The van der Waals surface area contributed by atoms with Crippen molar-refractivity contribution in [2.75, 3.05) is 4.90 Å². The second-order valence-corrected chi connectivity index (χ2v) is 5.64. The second-order valence-electron chi connectivity index (χ2n) is 5.64. The Morgan fingerprint density at radius 1 is 0.600 bits per heavy atom. The van der Waals surface area contributed by atoms with Crippen LogP contribution < -0.4 is 4.90 Å². The van der Waals surface area contributed by atoms with Crippen molar-refractivity contribution >= 4 is 5.69 Å². The summed E-state index contributed by atoms with van der Waals surface area (Å²) in [5.41, 5.74) is 0.828. The van der Waals surface area contributed by atoms with Crippen molar-refractivity contribution < 1.29 is 17.6 Å². The summed E-state index contributed by atoms with van der Waals surface area (Å²) in [5.74, 6) is -5.63. The van der Waals surface area contributed by atoms with E-state index in [-0.39, 0.29) is 19.2 Å². The van der Waals surface area contributed by atoms with Gasteiger partial charge in [0.25, 0.3) is 0 Å². The van der Waals surface area contributed by atoms with Crippen molar-refractivity contribution in [1.29, 1.82) is 0 Å². The van der Waals surface area contributed by atoms with Crippen molar-refractivity contribution in [3.63, 3.8) is 0 Å². The van der Waals surface area contributed by atoms with E-state index in [1.807, 2.05) is 12.1 Å². The standard InChI is InChI=1S/C20H15F4N/c21-16-11-17(22)19(24)20(18(16)23)25(12-14-7-3-1-4-8-14)13-15-9-5-2-6-10-15/h1-11H,12-13H2. The molecule has 3 rings (SSSR count). The molecule has 25 heavy (non-hydrogen) atoms. The molecular weight excluding hydrogens is 330 g/mol. The van der Waals surface area contributed by atoms with Crippen LogP contribution in [-0.2, 0) is 13.1 Å². The van der Waals surface area contributed by atoms with Crippen molar-refractivity contribution in [2.45, 2.75) is 13.1 Å². The molecule has 0 bridgehead atoms. The van der Waals surface area contributed by atoms with Gasteiger partial charge < -0.3 is 4.90 Å². The molecule has 0 heterocycles. The molecule has 128 valence electrons. The van der Waals surface area contributed by atoms with Crippen LogP contribution in [0.4, 0.5) is 23.2 Å². The normalized spacial score (nSPS) is 10.7. The Labute approximate surface area is 143 Å². The zero-order valence-electron chi connectivity index (χ0n) is 13.2. The number of rotatable bonds is 5. The third kappa shape index (κ3) is 3.82. The molecule has 0 saturated heterocycles. The van der Waals surface area contributed by atoms with Gasteiger partial charge in [0.2, 0.25) is 0 Å². The molecule has 0 amide bonds. The Morgan fingerprint density at radius 2 is 1.00 bits per heavy atom. The lowest BCUT2D eigenvalue weighted by Crippen LogP contribution is -2.25. The largest absolute Gasteiger partial charge is 0.358 e. The number of benzene rings is 3. The minimum Gasteiger partial charge on any atom is -0.358 e. The molecule has 3 aromatic carbocycles. The van der Waals surface area contributed by atoms with E-state index < -0.39 is 29.0 Å². The van der Waals surface area contributed by atoms with Crippen LogP contribution in [0.5, 0.6) is 0 Å². The zero-order valence-corrected chi connectivity index (χ0v) is 13.2. The summed E-state index contributed by atoms with van der Waals surface area (Å²) in [6, 6.07) is 18.1. The lowest BCUT2D eigenvalue weighted by atomic mass is 10.1. The molecule has 0 spiro atoms.